The van der Waals surface area contributed by atoms with Crippen molar-refractivity contribution < 1.29 is 9.90 Å². The molecule has 1 fully saturated rings. The summed E-state index contributed by atoms with van der Waals surface area (Å²) < 4.78 is 0. The van der Waals surface area contributed by atoms with Gasteiger partial charge in [-0.25, -0.2) is 0 Å². The first-order valence-electron chi connectivity index (χ1n) is 5.65. The summed E-state index contributed by atoms with van der Waals surface area (Å²) in [5.74, 6) is -0.631. The van der Waals surface area contributed by atoms with Gasteiger partial charge in [0.25, 0.3) is 0 Å². The molecule has 0 atom stereocenters. The standard InChI is InChI=1S/C7H12O2.C4H11N/c8-7(9)6-4-2-1-3-5-6;1-3-5-4-2/h6H,1-5H2,(H,8,9);5H,3-4H2,1-2H3. The third-order valence-corrected chi connectivity index (χ3v) is 2.45. The molecular weight excluding hydrogens is 178 g/mol. The van der Waals surface area contributed by atoms with Gasteiger partial charge in [-0.05, 0) is 25.9 Å². The molecule has 1 aliphatic rings. The van der Waals surface area contributed by atoms with Crippen LogP contribution in [0.25, 0.3) is 0 Å². The summed E-state index contributed by atoms with van der Waals surface area (Å²) in [6.45, 7) is 6.39. The fourth-order valence-corrected chi connectivity index (χ4v) is 1.60. The summed E-state index contributed by atoms with van der Waals surface area (Å²) in [6.07, 6.45) is 5.24. The number of carbonyl (C=O) groups is 1. The number of nitrogens with one attached hydrogen (secondary N) is 1. The van der Waals surface area contributed by atoms with Crippen LogP contribution < -0.4 is 5.32 Å². The third kappa shape index (κ3) is 6.89. The molecular formula is C11H23NO2. The van der Waals surface area contributed by atoms with Crippen LogP contribution in [0.5, 0.6) is 0 Å². The van der Waals surface area contributed by atoms with Crippen LogP contribution in [0, 0.1) is 5.92 Å². The number of aliphatic carboxylic acids is 1. The Morgan fingerprint density at radius 1 is 1.21 bits per heavy atom. The highest BCUT2D eigenvalue weighted by atomic mass is 16.4. The Morgan fingerprint density at radius 2 is 1.71 bits per heavy atom. The molecule has 84 valence electrons. The second-order valence-corrected chi connectivity index (χ2v) is 3.63. The van der Waals surface area contributed by atoms with E-state index >= 15 is 0 Å². The number of rotatable bonds is 3. The summed E-state index contributed by atoms with van der Waals surface area (Å²) in [4.78, 5) is 10.4. The topological polar surface area (TPSA) is 49.3 Å². The van der Waals surface area contributed by atoms with Gasteiger partial charge in [-0.15, -0.1) is 0 Å². The molecule has 14 heavy (non-hydrogen) atoms. The van der Waals surface area contributed by atoms with E-state index in [4.69, 9.17) is 5.11 Å². The van der Waals surface area contributed by atoms with E-state index in [1.54, 1.807) is 0 Å². The molecule has 3 heteroatoms. The minimum atomic E-state index is -0.602. The molecule has 0 unspecified atom stereocenters. The number of hydrogen-bond donors (Lipinski definition) is 2. The first-order chi connectivity index (χ1) is 6.72. The Hall–Kier alpha value is -0.570. The normalized spacial score (nSPS) is 17.0. The predicted octanol–water partition coefficient (Wildman–Crippen LogP) is 2.27. The molecule has 0 saturated heterocycles. The van der Waals surface area contributed by atoms with Crippen molar-refractivity contribution in [3.8, 4) is 0 Å². The molecule has 0 aromatic heterocycles. The quantitative estimate of drug-likeness (QED) is 0.736. The molecule has 2 N–H and O–H groups in total. The molecule has 0 aliphatic heterocycles. The molecule has 1 saturated carbocycles. The van der Waals surface area contributed by atoms with Crippen LogP contribution >= 0.6 is 0 Å². The monoisotopic (exact) mass is 201 g/mol. The zero-order valence-electron chi connectivity index (χ0n) is 9.38. The summed E-state index contributed by atoms with van der Waals surface area (Å²) in [6, 6.07) is 0. The van der Waals surface area contributed by atoms with Crippen molar-refractivity contribution in [1.82, 2.24) is 5.32 Å². The maximum atomic E-state index is 10.4. The van der Waals surface area contributed by atoms with Crippen molar-refractivity contribution in [1.29, 1.82) is 0 Å². The fourth-order valence-electron chi connectivity index (χ4n) is 1.60. The zero-order chi connectivity index (χ0) is 10.8. The first kappa shape index (κ1) is 13.4. The second-order valence-electron chi connectivity index (χ2n) is 3.63. The smallest absolute Gasteiger partial charge is 0.306 e. The Kier molecular flexibility index (Phi) is 8.64. The van der Waals surface area contributed by atoms with Crippen LogP contribution in [0.4, 0.5) is 0 Å². The van der Waals surface area contributed by atoms with E-state index in [0.29, 0.717) is 0 Å². The summed E-state index contributed by atoms with van der Waals surface area (Å²) in [5.41, 5.74) is 0. The van der Waals surface area contributed by atoms with Gasteiger partial charge in [0.15, 0.2) is 0 Å². The van der Waals surface area contributed by atoms with Crippen molar-refractivity contribution in [3.63, 3.8) is 0 Å². The van der Waals surface area contributed by atoms with Crippen molar-refractivity contribution in [3.05, 3.63) is 0 Å². The van der Waals surface area contributed by atoms with Gasteiger partial charge in [-0.2, -0.15) is 0 Å². The molecule has 0 bridgehead atoms. The molecule has 0 aromatic carbocycles. The van der Waals surface area contributed by atoms with Gasteiger partial charge in [0.05, 0.1) is 5.92 Å². The van der Waals surface area contributed by atoms with Crippen molar-refractivity contribution >= 4 is 5.97 Å². The van der Waals surface area contributed by atoms with Crippen LogP contribution in [-0.4, -0.2) is 24.2 Å². The molecule has 0 amide bonds. The van der Waals surface area contributed by atoms with E-state index in [9.17, 15) is 4.79 Å². The molecule has 0 radical (unpaired) electrons. The molecule has 0 heterocycles. The van der Waals surface area contributed by atoms with Gasteiger partial charge in [0.1, 0.15) is 0 Å². The maximum Gasteiger partial charge on any atom is 0.306 e. The molecule has 3 nitrogen and oxygen atoms in total. The number of carboxylic acids is 1. The lowest BCUT2D eigenvalue weighted by molar-refractivity contribution is -0.142. The fraction of sp³-hybridized carbons (Fsp3) is 0.909. The second kappa shape index (κ2) is 9.00. The SMILES string of the molecule is CCNCC.O=C(O)C1CCCCC1. The van der Waals surface area contributed by atoms with E-state index in [-0.39, 0.29) is 5.92 Å². The highest BCUT2D eigenvalue weighted by Crippen LogP contribution is 2.23. The van der Waals surface area contributed by atoms with E-state index in [1.807, 2.05) is 0 Å². The van der Waals surface area contributed by atoms with Crippen molar-refractivity contribution in [2.24, 2.45) is 5.92 Å². The van der Waals surface area contributed by atoms with Gasteiger partial charge in [0.2, 0.25) is 0 Å². The highest BCUT2D eigenvalue weighted by Gasteiger charge is 2.19. The summed E-state index contributed by atoms with van der Waals surface area (Å²) >= 11 is 0. The average molecular weight is 201 g/mol. The minimum absolute atomic E-state index is 0.0289. The Bertz CT molecular complexity index is 140. The third-order valence-electron chi connectivity index (χ3n) is 2.45. The van der Waals surface area contributed by atoms with Gasteiger partial charge < -0.3 is 10.4 Å². The first-order valence-corrected chi connectivity index (χ1v) is 5.65. The molecule has 1 rings (SSSR count). The van der Waals surface area contributed by atoms with Gasteiger partial charge >= 0.3 is 5.97 Å². The number of hydrogen-bond acceptors (Lipinski definition) is 2. The number of carboxylic acid groups (broad SMARTS) is 1. The maximum absolute atomic E-state index is 10.4. The van der Waals surface area contributed by atoms with Crippen LogP contribution in [0.1, 0.15) is 46.0 Å². The zero-order valence-corrected chi connectivity index (χ0v) is 9.38. The molecule has 0 aromatic rings. The van der Waals surface area contributed by atoms with Crippen molar-refractivity contribution in [2.75, 3.05) is 13.1 Å². The van der Waals surface area contributed by atoms with Crippen LogP contribution in [0.3, 0.4) is 0 Å². The Balaban J connectivity index is 0.000000292. The summed E-state index contributed by atoms with van der Waals surface area (Å²) in [5, 5.41) is 11.6. The van der Waals surface area contributed by atoms with Crippen LogP contribution in [0.15, 0.2) is 0 Å². The van der Waals surface area contributed by atoms with E-state index in [1.165, 1.54) is 6.42 Å². The van der Waals surface area contributed by atoms with Crippen LogP contribution in [0.2, 0.25) is 0 Å². The molecule has 0 spiro atoms. The average Bonchev–Trinajstić information content (AvgIpc) is 2.21. The van der Waals surface area contributed by atoms with E-state index in [0.717, 1.165) is 38.8 Å². The summed E-state index contributed by atoms with van der Waals surface area (Å²) in [7, 11) is 0. The minimum Gasteiger partial charge on any atom is -0.481 e. The predicted molar refractivity (Wildman–Crippen MR) is 58.4 cm³/mol. The van der Waals surface area contributed by atoms with Gasteiger partial charge in [-0.3, -0.25) is 4.79 Å². The highest BCUT2D eigenvalue weighted by molar-refractivity contribution is 5.69. The van der Waals surface area contributed by atoms with Gasteiger partial charge in [-0.1, -0.05) is 33.1 Å². The lowest BCUT2D eigenvalue weighted by Crippen LogP contribution is -2.16. The lowest BCUT2D eigenvalue weighted by atomic mass is 9.90. The Labute approximate surface area is 86.9 Å². The molecule has 1 aliphatic carbocycles. The Morgan fingerprint density at radius 3 is 1.93 bits per heavy atom. The van der Waals surface area contributed by atoms with Crippen LogP contribution in [-0.2, 0) is 4.79 Å². The lowest BCUT2D eigenvalue weighted by Gasteiger charge is -2.16. The van der Waals surface area contributed by atoms with E-state index < -0.39 is 5.97 Å². The largest absolute Gasteiger partial charge is 0.481 e. The van der Waals surface area contributed by atoms with Gasteiger partial charge in [0, 0.05) is 0 Å². The van der Waals surface area contributed by atoms with Crippen molar-refractivity contribution in [2.45, 2.75) is 46.0 Å². The van der Waals surface area contributed by atoms with E-state index in [2.05, 4.69) is 19.2 Å².